The Hall–Kier alpha value is -2.90. The van der Waals surface area contributed by atoms with Gasteiger partial charge in [0.05, 0.1) is 23.8 Å². The molecule has 2 rings (SSSR count). The van der Waals surface area contributed by atoms with Crippen molar-refractivity contribution < 1.29 is 19.4 Å². The van der Waals surface area contributed by atoms with Crippen LogP contribution in [0, 0.1) is 13.8 Å². The lowest BCUT2D eigenvalue weighted by molar-refractivity contribution is -0.299. The molecule has 0 spiro atoms. The van der Waals surface area contributed by atoms with Crippen LogP contribution in [-0.2, 0) is 14.3 Å². The highest BCUT2D eigenvalue weighted by Crippen LogP contribution is 2.14. The van der Waals surface area contributed by atoms with E-state index in [2.05, 4.69) is 20.1 Å². The summed E-state index contributed by atoms with van der Waals surface area (Å²) in [5, 5.41) is 18.0. The molecule has 0 saturated carbocycles. The van der Waals surface area contributed by atoms with Crippen LogP contribution in [0.5, 0.6) is 0 Å². The van der Waals surface area contributed by atoms with Crippen LogP contribution < -0.4 is 10.4 Å². The van der Waals surface area contributed by atoms with E-state index in [1.54, 1.807) is 26.0 Å². The summed E-state index contributed by atoms with van der Waals surface area (Å²) < 4.78 is 6.18. The van der Waals surface area contributed by atoms with Gasteiger partial charge in [-0.3, -0.25) is 0 Å². The maximum absolute atomic E-state index is 11.6. The van der Waals surface area contributed by atoms with Crippen LogP contribution in [0.4, 0.5) is 5.82 Å². The van der Waals surface area contributed by atoms with Crippen molar-refractivity contribution in [3.63, 3.8) is 0 Å². The molecular formula is C14H15N4O4-. The van der Waals surface area contributed by atoms with Gasteiger partial charge in [0, 0.05) is 24.0 Å². The zero-order valence-corrected chi connectivity index (χ0v) is 12.4. The van der Waals surface area contributed by atoms with Crippen LogP contribution in [-0.4, -0.2) is 33.1 Å². The minimum absolute atomic E-state index is 0.0699. The predicted octanol–water partition coefficient (Wildman–Crippen LogP) is -0.0451. The number of carboxylic acid groups (broad SMARTS) is 1. The lowest BCUT2D eigenvalue weighted by Crippen LogP contribution is -2.30. The first kappa shape index (κ1) is 15.5. The first-order valence-electron chi connectivity index (χ1n) is 6.61. The molecule has 0 unspecified atom stereocenters. The third-order valence-corrected chi connectivity index (χ3v) is 2.76. The highest BCUT2D eigenvalue weighted by atomic mass is 16.5. The van der Waals surface area contributed by atoms with Gasteiger partial charge in [-0.05, 0) is 20.8 Å². The molecule has 0 aliphatic rings. The number of fused-ring (bicyclic) bond motifs is 1. The van der Waals surface area contributed by atoms with Crippen LogP contribution in [0.15, 0.2) is 23.9 Å². The van der Waals surface area contributed by atoms with Gasteiger partial charge < -0.3 is 20.0 Å². The summed E-state index contributed by atoms with van der Waals surface area (Å²) in [6.45, 7) is 5.26. The molecule has 0 radical (unpaired) electrons. The fourth-order valence-electron chi connectivity index (χ4n) is 1.87. The second-order valence-electron chi connectivity index (χ2n) is 4.55. The molecule has 0 saturated heterocycles. The summed E-state index contributed by atoms with van der Waals surface area (Å²) >= 11 is 0. The van der Waals surface area contributed by atoms with Crippen molar-refractivity contribution in [2.75, 3.05) is 11.9 Å². The van der Waals surface area contributed by atoms with E-state index in [0.717, 1.165) is 17.6 Å². The van der Waals surface area contributed by atoms with E-state index in [4.69, 9.17) is 0 Å². The van der Waals surface area contributed by atoms with Crippen molar-refractivity contribution in [3.05, 3.63) is 35.3 Å². The van der Waals surface area contributed by atoms with Crippen LogP contribution in [0.1, 0.15) is 18.3 Å². The van der Waals surface area contributed by atoms with Gasteiger partial charge in [0.25, 0.3) is 0 Å². The van der Waals surface area contributed by atoms with Gasteiger partial charge in [-0.2, -0.15) is 9.61 Å². The van der Waals surface area contributed by atoms with Gasteiger partial charge in [-0.25, -0.2) is 9.78 Å². The molecule has 2 aromatic heterocycles. The summed E-state index contributed by atoms with van der Waals surface area (Å²) in [5.41, 5.74) is 1.48. The summed E-state index contributed by atoms with van der Waals surface area (Å²) in [5.74, 6) is -2.11. The second-order valence-corrected chi connectivity index (χ2v) is 4.55. The van der Waals surface area contributed by atoms with E-state index in [1.165, 1.54) is 4.52 Å². The summed E-state index contributed by atoms with van der Waals surface area (Å²) in [4.78, 5) is 26.9. The van der Waals surface area contributed by atoms with Gasteiger partial charge in [0.1, 0.15) is 5.82 Å². The van der Waals surface area contributed by atoms with Crippen molar-refractivity contribution in [2.24, 2.45) is 0 Å². The van der Waals surface area contributed by atoms with Crippen LogP contribution in [0.25, 0.3) is 5.65 Å². The van der Waals surface area contributed by atoms with E-state index < -0.39 is 17.5 Å². The number of rotatable bonds is 5. The van der Waals surface area contributed by atoms with Crippen molar-refractivity contribution in [1.29, 1.82) is 0 Å². The van der Waals surface area contributed by atoms with Gasteiger partial charge in [-0.15, -0.1) is 0 Å². The number of aryl methyl sites for hydroxylation is 2. The molecule has 2 aromatic rings. The van der Waals surface area contributed by atoms with E-state index >= 15 is 0 Å². The Labute approximate surface area is 126 Å². The topological polar surface area (TPSA) is 109 Å². The van der Waals surface area contributed by atoms with E-state index in [9.17, 15) is 14.7 Å². The standard InChI is InChI=1S/C14H16N4O4/c1-4-22-14(21)10(13(19)20)7-15-11-5-8(2)16-12-6-9(3)17-18(11)12/h5-7,15H,4H2,1-3H3,(H,19,20)/p-1. The molecule has 0 atom stereocenters. The molecule has 1 N–H and O–H groups in total. The van der Waals surface area contributed by atoms with E-state index in [0.29, 0.717) is 11.5 Å². The second kappa shape index (κ2) is 6.25. The average Bonchev–Trinajstić information content (AvgIpc) is 2.78. The SMILES string of the molecule is CCOC(=O)C(=CNc1cc(C)nc2cc(C)nn12)C(=O)[O-]. The fraction of sp³-hybridized carbons (Fsp3) is 0.286. The summed E-state index contributed by atoms with van der Waals surface area (Å²) in [6.07, 6.45) is 1.03. The number of ether oxygens (including phenoxy) is 1. The Morgan fingerprint density at radius 3 is 2.73 bits per heavy atom. The van der Waals surface area contributed by atoms with Gasteiger partial charge in [-0.1, -0.05) is 0 Å². The number of carboxylic acids is 1. The zero-order valence-electron chi connectivity index (χ0n) is 12.4. The number of nitrogens with one attached hydrogen (secondary N) is 1. The van der Waals surface area contributed by atoms with E-state index in [-0.39, 0.29) is 6.61 Å². The Morgan fingerprint density at radius 1 is 1.36 bits per heavy atom. The minimum atomic E-state index is -1.62. The number of carbonyl (C=O) groups is 2. The Bertz CT molecular complexity index is 764. The number of esters is 1. The third-order valence-electron chi connectivity index (χ3n) is 2.76. The molecule has 2 heterocycles. The maximum atomic E-state index is 11.6. The van der Waals surface area contributed by atoms with Crippen molar-refractivity contribution in [3.8, 4) is 0 Å². The highest BCUT2D eigenvalue weighted by molar-refractivity contribution is 6.12. The smallest absolute Gasteiger partial charge is 0.341 e. The number of aliphatic carboxylic acids is 1. The normalized spacial score (nSPS) is 11.5. The maximum Gasteiger partial charge on any atom is 0.341 e. The van der Waals surface area contributed by atoms with Crippen LogP contribution >= 0.6 is 0 Å². The summed E-state index contributed by atoms with van der Waals surface area (Å²) in [6, 6.07) is 3.46. The molecule has 0 aromatic carbocycles. The minimum Gasteiger partial charge on any atom is -0.544 e. The first-order valence-corrected chi connectivity index (χ1v) is 6.61. The van der Waals surface area contributed by atoms with Crippen molar-refractivity contribution >= 4 is 23.4 Å². The van der Waals surface area contributed by atoms with Gasteiger partial charge in [0.2, 0.25) is 0 Å². The Morgan fingerprint density at radius 2 is 2.09 bits per heavy atom. The molecule has 8 nitrogen and oxygen atoms in total. The fourth-order valence-corrected chi connectivity index (χ4v) is 1.87. The highest BCUT2D eigenvalue weighted by Gasteiger charge is 2.12. The average molecular weight is 303 g/mol. The molecule has 116 valence electrons. The van der Waals surface area contributed by atoms with Crippen LogP contribution in [0.3, 0.4) is 0 Å². The Balaban J connectivity index is 2.38. The van der Waals surface area contributed by atoms with Crippen LogP contribution in [0.2, 0.25) is 0 Å². The number of aromatic nitrogens is 3. The molecule has 0 fully saturated rings. The van der Waals surface area contributed by atoms with Crippen molar-refractivity contribution in [2.45, 2.75) is 20.8 Å². The zero-order chi connectivity index (χ0) is 16.3. The number of nitrogens with zero attached hydrogens (tertiary/aromatic N) is 3. The molecule has 8 heteroatoms. The quantitative estimate of drug-likeness (QED) is 0.357. The number of hydrogen-bond acceptors (Lipinski definition) is 7. The van der Waals surface area contributed by atoms with Crippen molar-refractivity contribution in [1.82, 2.24) is 14.6 Å². The first-order chi connectivity index (χ1) is 10.4. The van der Waals surface area contributed by atoms with Gasteiger partial charge in [0.15, 0.2) is 5.65 Å². The molecule has 0 amide bonds. The lowest BCUT2D eigenvalue weighted by Gasteiger charge is -2.10. The number of anilines is 1. The molecular weight excluding hydrogens is 288 g/mol. The van der Waals surface area contributed by atoms with E-state index in [1.807, 2.05) is 6.92 Å². The largest absolute Gasteiger partial charge is 0.544 e. The summed E-state index contributed by atoms with van der Waals surface area (Å²) in [7, 11) is 0. The Kier molecular flexibility index (Phi) is 4.40. The van der Waals surface area contributed by atoms with Gasteiger partial charge >= 0.3 is 5.97 Å². The molecule has 0 aliphatic heterocycles. The lowest BCUT2D eigenvalue weighted by atomic mass is 10.3. The third kappa shape index (κ3) is 3.22. The number of carbonyl (C=O) groups excluding carboxylic acids is 2. The molecule has 0 bridgehead atoms. The monoisotopic (exact) mass is 303 g/mol. The molecule has 22 heavy (non-hydrogen) atoms. The predicted molar refractivity (Wildman–Crippen MR) is 75.8 cm³/mol. The number of hydrogen-bond donors (Lipinski definition) is 1. The molecule has 0 aliphatic carbocycles.